The minimum atomic E-state index is -4.53. The standard InChI is InChI=1S/C18H21F3N2O/c19-18(20,21)17(23-12-15-9-5-2-6-10-15)16(24)13-22-11-14-7-3-1-4-8-14/h1-10,16-17,22-24H,11-13H2/t16-,17+/m0/s1. The van der Waals surface area contributed by atoms with E-state index in [1.807, 2.05) is 30.3 Å². The van der Waals surface area contributed by atoms with E-state index in [1.165, 1.54) is 0 Å². The van der Waals surface area contributed by atoms with Crippen molar-refractivity contribution in [1.82, 2.24) is 10.6 Å². The molecule has 0 heterocycles. The van der Waals surface area contributed by atoms with Gasteiger partial charge in [-0.05, 0) is 11.1 Å². The molecule has 0 unspecified atom stereocenters. The average molecular weight is 338 g/mol. The Bertz CT molecular complexity index is 590. The summed E-state index contributed by atoms with van der Waals surface area (Å²) >= 11 is 0. The van der Waals surface area contributed by atoms with Gasteiger partial charge in [0.1, 0.15) is 6.04 Å². The summed E-state index contributed by atoms with van der Waals surface area (Å²) in [5, 5.41) is 15.2. The quantitative estimate of drug-likeness (QED) is 0.693. The first-order valence-electron chi connectivity index (χ1n) is 7.73. The second-order valence-corrected chi connectivity index (χ2v) is 5.57. The van der Waals surface area contributed by atoms with E-state index in [2.05, 4.69) is 10.6 Å². The van der Waals surface area contributed by atoms with Gasteiger partial charge in [0.25, 0.3) is 0 Å². The van der Waals surface area contributed by atoms with Gasteiger partial charge >= 0.3 is 6.18 Å². The third-order valence-corrected chi connectivity index (χ3v) is 3.63. The van der Waals surface area contributed by atoms with Crippen molar-refractivity contribution >= 4 is 0 Å². The van der Waals surface area contributed by atoms with Crippen LogP contribution in [0, 0.1) is 0 Å². The van der Waals surface area contributed by atoms with Gasteiger partial charge in [-0.15, -0.1) is 0 Å². The van der Waals surface area contributed by atoms with Crippen LogP contribution in [-0.4, -0.2) is 30.0 Å². The summed E-state index contributed by atoms with van der Waals surface area (Å²) in [6.45, 7) is 0.294. The first kappa shape index (κ1) is 18.4. The van der Waals surface area contributed by atoms with E-state index in [0.717, 1.165) is 11.1 Å². The third-order valence-electron chi connectivity index (χ3n) is 3.63. The Morgan fingerprint density at radius 1 is 0.833 bits per heavy atom. The molecule has 2 rings (SSSR count). The molecule has 0 saturated carbocycles. The predicted octanol–water partition coefficient (Wildman–Crippen LogP) is 2.86. The Morgan fingerprint density at radius 2 is 1.33 bits per heavy atom. The molecular weight excluding hydrogens is 317 g/mol. The van der Waals surface area contributed by atoms with E-state index in [4.69, 9.17) is 0 Å². The number of hydrogen-bond donors (Lipinski definition) is 3. The van der Waals surface area contributed by atoms with Gasteiger partial charge in [-0.25, -0.2) is 0 Å². The molecule has 0 bridgehead atoms. The fourth-order valence-corrected chi connectivity index (χ4v) is 2.37. The molecule has 0 aliphatic carbocycles. The van der Waals surface area contributed by atoms with Crippen molar-refractivity contribution in [1.29, 1.82) is 0 Å². The lowest BCUT2D eigenvalue weighted by Gasteiger charge is -2.26. The molecule has 24 heavy (non-hydrogen) atoms. The molecule has 0 fully saturated rings. The summed E-state index contributed by atoms with van der Waals surface area (Å²) in [6, 6.07) is 16.1. The highest BCUT2D eigenvalue weighted by atomic mass is 19.4. The van der Waals surface area contributed by atoms with Crippen LogP contribution in [0.5, 0.6) is 0 Å². The first-order valence-corrected chi connectivity index (χ1v) is 7.73. The molecule has 2 aromatic carbocycles. The number of benzene rings is 2. The van der Waals surface area contributed by atoms with E-state index < -0.39 is 18.3 Å². The van der Waals surface area contributed by atoms with Crippen LogP contribution >= 0.6 is 0 Å². The largest absolute Gasteiger partial charge is 0.406 e. The van der Waals surface area contributed by atoms with Crippen LogP contribution in [0.15, 0.2) is 60.7 Å². The maximum absolute atomic E-state index is 13.2. The monoisotopic (exact) mass is 338 g/mol. The Balaban J connectivity index is 1.87. The highest BCUT2D eigenvalue weighted by molar-refractivity contribution is 5.15. The van der Waals surface area contributed by atoms with Crippen LogP contribution in [0.1, 0.15) is 11.1 Å². The van der Waals surface area contributed by atoms with Crippen molar-refractivity contribution in [3.63, 3.8) is 0 Å². The molecule has 130 valence electrons. The van der Waals surface area contributed by atoms with Crippen LogP contribution in [0.3, 0.4) is 0 Å². The topological polar surface area (TPSA) is 44.3 Å². The number of rotatable bonds is 8. The van der Waals surface area contributed by atoms with Gasteiger partial charge in [0, 0.05) is 19.6 Å². The Morgan fingerprint density at radius 3 is 1.83 bits per heavy atom. The second kappa shape index (κ2) is 8.82. The maximum Gasteiger partial charge on any atom is 0.406 e. The summed E-state index contributed by atoms with van der Waals surface area (Å²) in [6.07, 6.45) is -6.10. The number of aliphatic hydroxyl groups is 1. The van der Waals surface area contributed by atoms with Gasteiger partial charge in [-0.1, -0.05) is 60.7 Å². The van der Waals surface area contributed by atoms with E-state index in [9.17, 15) is 18.3 Å². The van der Waals surface area contributed by atoms with Crippen molar-refractivity contribution in [2.75, 3.05) is 6.54 Å². The molecule has 0 spiro atoms. The van der Waals surface area contributed by atoms with Crippen molar-refractivity contribution < 1.29 is 18.3 Å². The zero-order valence-electron chi connectivity index (χ0n) is 13.1. The first-order chi connectivity index (χ1) is 11.5. The normalized spacial score (nSPS) is 14.3. The van der Waals surface area contributed by atoms with Gasteiger partial charge < -0.3 is 10.4 Å². The van der Waals surface area contributed by atoms with Gasteiger partial charge in [-0.2, -0.15) is 13.2 Å². The zero-order valence-corrected chi connectivity index (χ0v) is 13.1. The molecule has 6 heteroatoms. The predicted molar refractivity (Wildman–Crippen MR) is 87.3 cm³/mol. The summed E-state index contributed by atoms with van der Waals surface area (Å²) in [5.74, 6) is 0. The fraction of sp³-hybridized carbons (Fsp3) is 0.333. The summed E-state index contributed by atoms with van der Waals surface area (Å²) in [5.41, 5.74) is 1.68. The SMILES string of the molecule is O[C@@H](CNCc1ccccc1)[C@@H](NCc1ccccc1)C(F)(F)F. The molecule has 3 nitrogen and oxygen atoms in total. The van der Waals surface area contributed by atoms with E-state index >= 15 is 0 Å². The average Bonchev–Trinajstić information content (AvgIpc) is 2.56. The number of nitrogens with one attached hydrogen (secondary N) is 2. The second-order valence-electron chi connectivity index (χ2n) is 5.57. The Labute approximate surface area is 139 Å². The van der Waals surface area contributed by atoms with Gasteiger partial charge in [0.05, 0.1) is 6.10 Å². The van der Waals surface area contributed by atoms with E-state index in [0.29, 0.717) is 6.54 Å². The molecule has 0 amide bonds. The van der Waals surface area contributed by atoms with Crippen molar-refractivity contribution in [2.45, 2.75) is 31.4 Å². The van der Waals surface area contributed by atoms with Gasteiger partial charge in [0.2, 0.25) is 0 Å². The lowest BCUT2D eigenvalue weighted by atomic mass is 10.1. The lowest BCUT2D eigenvalue weighted by Crippen LogP contribution is -2.53. The summed E-state index contributed by atoms with van der Waals surface area (Å²) in [4.78, 5) is 0. The molecule has 0 saturated heterocycles. The maximum atomic E-state index is 13.2. The van der Waals surface area contributed by atoms with Crippen LogP contribution < -0.4 is 10.6 Å². The van der Waals surface area contributed by atoms with E-state index in [-0.39, 0.29) is 13.1 Å². The molecule has 3 N–H and O–H groups in total. The molecular formula is C18H21F3N2O. The van der Waals surface area contributed by atoms with Gasteiger partial charge in [0.15, 0.2) is 0 Å². The number of halogens is 3. The number of aliphatic hydroxyl groups excluding tert-OH is 1. The van der Waals surface area contributed by atoms with E-state index in [1.54, 1.807) is 30.3 Å². The highest BCUT2D eigenvalue weighted by Gasteiger charge is 2.43. The van der Waals surface area contributed by atoms with Crippen LogP contribution in [0.4, 0.5) is 13.2 Å². The van der Waals surface area contributed by atoms with Gasteiger partial charge in [-0.3, -0.25) is 5.32 Å². The molecule has 0 aromatic heterocycles. The van der Waals surface area contributed by atoms with Crippen molar-refractivity contribution in [3.05, 3.63) is 71.8 Å². The number of alkyl halides is 3. The zero-order chi connectivity index (χ0) is 17.4. The summed E-state index contributed by atoms with van der Waals surface area (Å²) < 4.78 is 39.5. The highest BCUT2D eigenvalue weighted by Crippen LogP contribution is 2.23. The smallest absolute Gasteiger partial charge is 0.390 e. The minimum Gasteiger partial charge on any atom is -0.390 e. The minimum absolute atomic E-state index is 0.0424. The van der Waals surface area contributed by atoms with Crippen LogP contribution in [-0.2, 0) is 13.1 Å². The lowest BCUT2D eigenvalue weighted by molar-refractivity contribution is -0.177. The van der Waals surface area contributed by atoms with Crippen LogP contribution in [0.2, 0.25) is 0 Å². The van der Waals surface area contributed by atoms with Crippen molar-refractivity contribution in [2.24, 2.45) is 0 Å². The molecule has 0 aliphatic heterocycles. The fourth-order valence-electron chi connectivity index (χ4n) is 2.37. The Hall–Kier alpha value is -1.89. The molecule has 2 aromatic rings. The third kappa shape index (κ3) is 5.96. The number of hydrogen-bond acceptors (Lipinski definition) is 3. The summed E-state index contributed by atoms with van der Waals surface area (Å²) in [7, 11) is 0. The molecule has 0 aliphatic rings. The van der Waals surface area contributed by atoms with Crippen LogP contribution in [0.25, 0.3) is 0 Å². The molecule has 2 atom stereocenters. The van der Waals surface area contributed by atoms with Crippen molar-refractivity contribution in [3.8, 4) is 0 Å². The molecule has 0 radical (unpaired) electrons. The Kier molecular flexibility index (Phi) is 6.78.